The topological polar surface area (TPSA) is 94.2 Å². The first-order valence-electron chi connectivity index (χ1n) is 7.33. The Labute approximate surface area is 152 Å². The molecule has 1 aromatic carbocycles. The zero-order chi connectivity index (χ0) is 18.6. The number of carbonyl (C=O) groups excluding carboxylic acids is 3. The first-order valence-corrected chi connectivity index (χ1v) is 8.12. The summed E-state index contributed by atoms with van der Waals surface area (Å²) in [5, 5.41) is 2.43. The molecular weight excluding hydrogens is 396 g/mol. The molecule has 134 valence electrons. The molecular formula is C16H17BrN2O6. The summed E-state index contributed by atoms with van der Waals surface area (Å²) in [5.74, 6) is -0.267. The smallest absolute Gasteiger partial charge is 0.329 e. The molecule has 1 fully saturated rings. The molecule has 1 heterocycles. The Bertz CT molecular complexity index is 746. The highest BCUT2D eigenvalue weighted by atomic mass is 79.9. The number of ether oxygens (including phenoxy) is 3. The number of urea groups is 1. The average Bonchev–Trinajstić information content (AvgIpc) is 2.84. The third-order valence-electron chi connectivity index (χ3n) is 3.36. The molecule has 2 rings (SSSR count). The molecule has 0 bridgehead atoms. The van der Waals surface area contributed by atoms with Gasteiger partial charge in [-0.1, -0.05) is 15.9 Å². The van der Waals surface area contributed by atoms with Crippen LogP contribution in [0.25, 0.3) is 6.08 Å². The predicted molar refractivity (Wildman–Crippen MR) is 92.1 cm³/mol. The maximum absolute atomic E-state index is 12.3. The average molecular weight is 413 g/mol. The van der Waals surface area contributed by atoms with Crippen molar-refractivity contribution < 1.29 is 28.6 Å². The number of nitrogens with zero attached hydrogens (tertiary/aromatic N) is 1. The lowest BCUT2D eigenvalue weighted by molar-refractivity contribution is -0.143. The van der Waals surface area contributed by atoms with Gasteiger partial charge in [0.2, 0.25) is 0 Å². The summed E-state index contributed by atoms with van der Waals surface area (Å²) in [6.07, 6.45) is 1.49. The van der Waals surface area contributed by atoms with Crippen LogP contribution in [0.15, 0.2) is 22.3 Å². The van der Waals surface area contributed by atoms with E-state index in [2.05, 4.69) is 26.0 Å². The molecule has 1 saturated heterocycles. The van der Waals surface area contributed by atoms with E-state index in [0.717, 1.165) is 4.90 Å². The molecule has 0 atom stereocenters. The zero-order valence-electron chi connectivity index (χ0n) is 13.9. The number of nitrogens with one attached hydrogen (secondary N) is 1. The standard InChI is InChI=1S/C16H17BrN2O6/c1-4-25-13-7-10(17)9(6-12(13)23-2)5-11-15(21)19(16(22)18-11)8-14(20)24-3/h5-7H,4,8H2,1-3H3,(H,18,22)/b11-5+. The van der Waals surface area contributed by atoms with Crippen molar-refractivity contribution in [3.8, 4) is 11.5 Å². The van der Waals surface area contributed by atoms with Crippen molar-refractivity contribution in [3.05, 3.63) is 27.9 Å². The van der Waals surface area contributed by atoms with Gasteiger partial charge in [-0.25, -0.2) is 9.69 Å². The van der Waals surface area contributed by atoms with Crippen molar-refractivity contribution in [3.63, 3.8) is 0 Å². The van der Waals surface area contributed by atoms with E-state index in [-0.39, 0.29) is 5.70 Å². The molecule has 3 amide bonds. The largest absolute Gasteiger partial charge is 0.493 e. The summed E-state index contributed by atoms with van der Waals surface area (Å²) in [6.45, 7) is 1.87. The molecule has 0 aromatic heterocycles. The summed E-state index contributed by atoms with van der Waals surface area (Å²) in [4.78, 5) is 36.3. The van der Waals surface area contributed by atoms with E-state index in [0.29, 0.717) is 28.1 Å². The molecule has 1 aliphatic rings. The van der Waals surface area contributed by atoms with Gasteiger partial charge in [-0.15, -0.1) is 0 Å². The highest BCUT2D eigenvalue weighted by Crippen LogP contribution is 2.34. The summed E-state index contributed by atoms with van der Waals surface area (Å²) in [7, 11) is 2.68. The van der Waals surface area contributed by atoms with Crippen molar-refractivity contribution >= 4 is 39.9 Å². The Morgan fingerprint density at radius 2 is 2.00 bits per heavy atom. The number of esters is 1. The summed E-state index contributed by atoms with van der Waals surface area (Å²) >= 11 is 3.40. The van der Waals surface area contributed by atoms with Gasteiger partial charge in [-0.2, -0.15) is 0 Å². The lowest BCUT2D eigenvalue weighted by Gasteiger charge is -2.11. The first kappa shape index (κ1) is 18.8. The summed E-state index contributed by atoms with van der Waals surface area (Å²) < 4.78 is 15.9. The number of benzene rings is 1. The molecule has 0 saturated carbocycles. The molecule has 0 aliphatic carbocycles. The van der Waals surface area contributed by atoms with Gasteiger partial charge in [-0.05, 0) is 30.7 Å². The van der Waals surface area contributed by atoms with Crippen LogP contribution in [0.3, 0.4) is 0 Å². The lowest BCUT2D eigenvalue weighted by Crippen LogP contribution is -2.36. The lowest BCUT2D eigenvalue weighted by atomic mass is 10.1. The Morgan fingerprint density at radius 1 is 1.28 bits per heavy atom. The Balaban J connectivity index is 2.33. The molecule has 1 N–H and O–H groups in total. The van der Waals surface area contributed by atoms with Crippen LogP contribution in [0, 0.1) is 0 Å². The van der Waals surface area contributed by atoms with E-state index in [1.807, 2.05) is 6.92 Å². The van der Waals surface area contributed by atoms with Gasteiger partial charge in [0.15, 0.2) is 11.5 Å². The van der Waals surface area contributed by atoms with Gasteiger partial charge in [0.1, 0.15) is 12.2 Å². The second-order valence-corrected chi connectivity index (χ2v) is 5.77. The van der Waals surface area contributed by atoms with Gasteiger partial charge < -0.3 is 19.5 Å². The fraction of sp³-hybridized carbons (Fsp3) is 0.312. The van der Waals surface area contributed by atoms with Crippen LogP contribution in [0.5, 0.6) is 11.5 Å². The van der Waals surface area contributed by atoms with Crippen molar-refractivity contribution in [2.24, 2.45) is 0 Å². The second-order valence-electron chi connectivity index (χ2n) is 4.91. The fourth-order valence-corrected chi connectivity index (χ4v) is 2.59. The number of rotatable bonds is 6. The molecule has 25 heavy (non-hydrogen) atoms. The van der Waals surface area contributed by atoms with Gasteiger partial charge in [0.25, 0.3) is 5.91 Å². The first-order chi connectivity index (χ1) is 11.9. The Kier molecular flexibility index (Phi) is 6.02. The van der Waals surface area contributed by atoms with Crippen LogP contribution in [0.1, 0.15) is 12.5 Å². The molecule has 1 aromatic rings. The van der Waals surface area contributed by atoms with Gasteiger partial charge in [-0.3, -0.25) is 9.59 Å². The summed E-state index contributed by atoms with van der Waals surface area (Å²) in [5.41, 5.74) is 0.643. The third kappa shape index (κ3) is 4.11. The van der Waals surface area contributed by atoms with Crippen molar-refractivity contribution in [1.82, 2.24) is 10.2 Å². The van der Waals surface area contributed by atoms with Crippen LogP contribution >= 0.6 is 15.9 Å². The Morgan fingerprint density at radius 3 is 2.60 bits per heavy atom. The van der Waals surface area contributed by atoms with Crippen LogP contribution in [-0.4, -0.2) is 50.2 Å². The van der Waals surface area contributed by atoms with Crippen LogP contribution < -0.4 is 14.8 Å². The maximum atomic E-state index is 12.3. The van der Waals surface area contributed by atoms with Crippen molar-refractivity contribution in [2.75, 3.05) is 27.4 Å². The minimum Gasteiger partial charge on any atom is -0.493 e. The zero-order valence-corrected chi connectivity index (χ0v) is 15.5. The number of carbonyl (C=O) groups is 3. The highest BCUT2D eigenvalue weighted by Gasteiger charge is 2.35. The molecule has 9 heteroatoms. The monoisotopic (exact) mass is 412 g/mol. The third-order valence-corrected chi connectivity index (χ3v) is 4.05. The maximum Gasteiger partial charge on any atom is 0.329 e. The Hall–Kier alpha value is -2.55. The number of hydrogen-bond acceptors (Lipinski definition) is 6. The number of hydrogen-bond donors (Lipinski definition) is 1. The van der Waals surface area contributed by atoms with E-state index in [9.17, 15) is 14.4 Å². The number of imide groups is 1. The molecule has 8 nitrogen and oxygen atoms in total. The molecule has 0 spiro atoms. The number of halogens is 1. The summed E-state index contributed by atoms with van der Waals surface area (Å²) in [6, 6.07) is 2.70. The van der Waals surface area contributed by atoms with Crippen molar-refractivity contribution in [1.29, 1.82) is 0 Å². The quantitative estimate of drug-likeness (QED) is 0.435. The van der Waals surface area contributed by atoms with E-state index in [1.165, 1.54) is 20.3 Å². The van der Waals surface area contributed by atoms with Crippen LogP contribution in [0.4, 0.5) is 4.79 Å². The van der Waals surface area contributed by atoms with Gasteiger partial charge in [0.05, 0.1) is 20.8 Å². The predicted octanol–water partition coefficient (Wildman–Crippen LogP) is 1.92. The van der Waals surface area contributed by atoms with E-state index < -0.39 is 24.5 Å². The fourth-order valence-electron chi connectivity index (χ4n) is 2.15. The van der Waals surface area contributed by atoms with E-state index in [4.69, 9.17) is 9.47 Å². The number of methoxy groups -OCH3 is 2. The number of amides is 3. The van der Waals surface area contributed by atoms with Crippen molar-refractivity contribution in [2.45, 2.75) is 6.92 Å². The SMILES string of the molecule is CCOc1cc(Br)c(/C=C2/NC(=O)N(CC(=O)OC)C2=O)cc1OC. The molecule has 1 aliphatic heterocycles. The van der Waals surface area contributed by atoms with E-state index in [1.54, 1.807) is 12.1 Å². The molecule has 0 unspecified atom stereocenters. The van der Waals surface area contributed by atoms with Crippen LogP contribution in [0.2, 0.25) is 0 Å². The van der Waals surface area contributed by atoms with E-state index >= 15 is 0 Å². The normalized spacial score (nSPS) is 15.4. The minimum atomic E-state index is -0.686. The molecule has 0 radical (unpaired) electrons. The van der Waals surface area contributed by atoms with Crippen LogP contribution in [-0.2, 0) is 14.3 Å². The van der Waals surface area contributed by atoms with Gasteiger partial charge in [0, 0.05) is 4.47 Å². The van der Waals surface area contributed by atoms with Gasteiger partial charge >= 0.3 is 12.0 Å². The highest BCUT2D eigenvalue weighted by molar-refractivity contribution is 9.10. The second kappa shape index (κ2) is 8.02. The minimum absolute atomic E-state index is 0.0424.